The molecule has 0 rings (SSSR count). The summed E-state index contributed by atoms with van der Waals surface area (Å²) in [4.78, 5) is 35.4. The first-order valence-corrected chi connectivity index (χ1v) is 24.6. The van der Waals surface area contributed by atoms with Gasteiger partial charge in [0.2, 0.25) is 0 Å². The highest BCUT2D eigenvalue weighted by atomic mass is 31.2. The molecule has 61 heavy (non-hydrogen) atoms. The quantitative estimate of drug-likeness (QED) is 0.0154. The molecule has 10 nitrogen and oxygen atoms in total. The standard InChI is InChI=1S/C50H84NO9P/c1-6-8-10-12-14-15-16-17-18-19-20-21-22-23-24-25-30-34-38-42-50(54)60-48(46-59-61(55,56)58-44-43-51(3,4)5)45-57-49(53)41-37-33-29-27-26-28-32-36-40-47(52)39-35-31-13-11-9-7-2/h14-15,17-18,20-21,23-24,27-29,31-32,35-36,40,47-48,52H,6-13,16,19,22,25-26,30,33-34,37-39,41-46H2,1-5H3/p+1/b15-14-,18-17-,21-20-,24-23-,29-27-,32-28-,35-31-,40-36+/t47-,48-/m1/s1. The second-order valence-corrected chi connectivity index (χ2v) is 17.7. The highest BCUT2D eigenvalue weighted by molar-refractivity contribution is 7.47. The van der Waals surface area contributed by atoms with E-state index in [2.05, 4.69) is 68.5 Å². The first kappa shape index (κ1) is 57.9. The molecular formula is C50H85NO9P+. The fraction of sp³-hybridized carbons (Fsp3) is 0.640. The van der Waals surface area contributed by atoms with Crippen molar-refractivity contribution in [3.05, 3.63) is 97.2 Å². The van der Waals surface area contributed by atoms with Crippen LogP contribution >= 0.6 is 7.82 Å². The second-order valence-electron chi connectivity index (χ2n) is 16.3. The van der Waals surface area contributed by atoms with Gasteiger partial charge in [-0.25, -0.2) is 4.57 Å². The van der Waals surface area contributed by atoms with Crippen LogP contribution in [0.15, 0.2) is 97.2 Å². The maximum absolute atomic E-state index is 12.7. The number of quaternary nitrogens is 1. The van der Waals surface area contributed by atoms with Gasteiger partial charge in [-0.15, -0.1) is 0 Å². The van der Waals surface area contributed by atoms with Crippen molar-refractivity contribution in [2.75, 3.05) is 47.5 Å². The molecule has 0 aromatic rings. The molecule has 3 atom stereocenters. The van der Waals surface area contributed by atoms with E-state index in [1.807, 2.05) is 57.6 Å². The zero-order chi connectivity index (χ0) is 45.1. The van der Waals surface area contributed by atoms with Crippen molar-refractivity contribution < 1.29 is 47.2 Å². The van der Waals surface area contributed by atoms with Crippen LogP contribution in [0.4, 0.5) is 0 Å². The zero-order valence-electron chi connectivity index (χ0n) is 38.7. The van der Waals surface area contributed by atoms with Crippen molar-refractivity contribution >= 4 is 19.8 Å². The van der Waals surface area contributed by atoms with Crippen LogP contribution in [-0.2, 0) is 32.7 Å². The van der Waals surface area contributed by atoms with Crippen molar-refractivity contribution in [3.8, 4) is 0 Å². The summed E-state index contributed by atoms with van der Waals surface area (Å²) in [5.41, 5.74) is 0. The van der Waals surface area contributed by atoms with Crippen LogP contribution in [0.2, 0.25) is 0 Å². The number of rotatable bonds is 40. The van der Waals surface area contributed by atoms with Gasteiger partial charge in [0.15, 0.2) is 6.10 Å². The maximum atomic E-state index is 12.7. The van der Waals surface area contributed by atoms with Gasteiger partial charge in [0.1, 0.15) is 19.8 Å². The Bertz CT molecular complexity index is 1370. The molecule has 0 amide bonds. The lowest BCUT2D eigenvalue weighted by molar-refractivity contribution is -0.870. The van der Waals surface area contributed by atoms with E-state index >= 15 is 0 Å². The highest BCUT2D eigenvalue weighted by Gasteiger charge is 2.27. The van der Waals surface area contributed by atoms with Gasteiger partial charge in [-0.3, -0.25) is 18.6 Å². The topological polar surface area (TPSA) is 129 Å². The molecule has 0 aromatic heterocycles. The minimum atomic E-state index is -4.42. The molecule has 0 radical (unpaired) electrons. The molecule has 0 aliphatic rings. The lowest BCUT2D eigenvalue weighted by Crippen LogP contribution is -2.37. The summed E-state index contributed by atoms with van der Waals surface area (Å²) in [7, 11) is 1.37. The Morgan fingerprint density at radius 3 is 1.67 bits per heavy atom. The first-order chi connectivity index (χ1) is 29.4. The Morgan fingerprint density at radius 2 is 1.10 bits per heavy atom. The molecule has 1 unspecified atom stereocenters. The van der Waals surface area contributed by atoms with Crippen LogP contribution in [-0.4, -0.2) is 86.1 Å². The Hall–Kier alpha value is -3.11. The van der Waals surface area contributed by atoms with Crippen LogP contribution in [0.5, 0.6) is 0 Å². The molecule has 0 heterocycles. The van der Waals surface area contributed by atoms with Crippen molar-refractivity contribution in [2.24, 2.45) is 0 Å². The van der Waals surface area contributed by atoms with E-state index in [1.165, 1.54) is 44.9 Å². The molecule has 0 aliphatic carbocycles. The molecule has 0 fully saturated rings. The molecular weight excluding hydrogens is 790 g/mol. The molecule has 0 bridgehead atoms. The Morgan fingerprint density at radius 1 is 0.590 bits per heavy atom. The number of carbonyl (C=O) groups excluding carboxylic acids is 2. The molecule has 11 heteroatoms. The van der Waals surface area contributed by atoms with E-state index in [9.17, 15) is 24.2 Å². The number of carbonyl (C=O) groups is 2. The van der Waals surface area contributed by atoms with E-state index in [0.29, 0.717) is 36.7 Å². The normalized spacial score (nSPS) is 14.9. The van der Waals surface area contributed by atoms with Gasteiger partial charge in [0.05, 0.1) is 33.9 Å². The minimum Gasteiger partial charge on any atom is -0.462 e. The molecule has 0 aromatic carbocycles. The van der Waals surface area contributed by atoms with E-state index < -0.39 is 38.6 Å². The fourth-order valence-corrected chi connectivity index (χ4v) is 6.23. The summed E-state index contributed by atoms with van der Waals surface area (Å²) in [6.45, 7) is 4.15. The van der Waals surface area contributed by atoms with E-state index in [0.717, 1.165) is 51.4 Å². The van der Waals surface area contributed by atoms with Crippen LogP contribution in [0.3, 0.4) is 0 Å². The summed E-state index contributed by atoms with van der Waals surface area (Å²) in [6, 6.07) is 0. The van der Waals surface area contributed by atoms with Gasteiger partial charge in [-0.2, -0.15) is 0 Å². The number of aliphatic hydroxyl groups is 1. The van der Waals surface area contributed by atoms with Crippen LogP contribution in [0.1, 0.15) is 149 Å². The summed E-state index contributed by atoms with van der Waals surface area (Å²) in [5, 5.41) is 10.0. The van der Waals surface area contributed by atoms with Gasteiger partial charge in [-0.05, 0) is 89.9 Å². The summed E-state index contributed by atoms with van der Waals surface area (Å²) < 4.78 is 34.2. The maximum Gasteiger partial charge on any atom is 0.472 e. The smallest absolute Gasteiger partial charge is 0.462 e. The average Bonchev–Trinajstić information content (AvgIpc) is 3.21. The third-order valence-corrected chi connectivity index (χ3v) is 10.2. The monoisotopic (exact) mass is 875 g/mol. The highest BCUT2D eigenvalue weighted by Crippen LogP contribution is 2.43. The van der Waals surface area contributed by atoms with Crippen molar-refractivity contribution in [1.29, 1.82) is 0 Å². The number of hydrogen-bond acceptors (Lipinski definition) is 8. The zero-order valence-corrected chi connectivity index (χ0v) is 39.6. The number of esters is 2. The van der Waals surface area contributed by atoms with Crippen molar-refractivity contribution in [1.82, 2.24) is 0 Å². The van der Waals surface area contributed by atoms with Crippen molar-refractivity contribution in [3.63, 3.8) is 0 Å². The lowest BCUT2D eigenvalue weighted by Gasteiger charge is -2.24. The number of likely N-dealkylation sites (N-methyl/N-ethyl adjacent to an activating group) is 1. The molecule has 0 aliphatic heterocycles. The summed E-state index contributed by atoms with van der Waals surface area (Å²) in [5.74, 6) is -0.950. The van der Waals surface area contributed by atoms with E-state index in [1.54, 1.807) is 6.08 Å². The predicted molar refractivity (Wildman–Crippen MR) is 253 cm³/mol. The number of unbranched alkanes of at least 4 members (excludes halogenated alkanes) is 10. The Labute approximate surface area is 371 Å². The number of phosphoric ester groups is 1. The van der Waals surface area contributed by atoms with E-state index in [-0.39, 0.29) is 26.1 Å². The van der Waals surface area contributed by atoms with Gasteiger partial charge < -0.3 is 24.0 Å². The Balaban J connectivity index is 4.57. The fourth-order valence-electron chi connectivity index (χ4n) is 5.48. The number of aliphatic hydroxyl groups excluding tert-OH is 1. The number of hydrogen-bond donors (Lipinski definition) is 2. The SMILES string of the molecule is CCCCC/C=C\C/C=C\C/C=C\C/C=C\CCCCCC(=O)O[C@H](COC(=O)CCC/C=C\C/C=C\C=C\[C@H](O)C/C=C\CCCCC)COP(=O)(O)OCC[N+](C)(C)C. The van der Waals surface area contributed by atoms with E-state index in [4.69, 9.17) is 18.5 Å². The lowest BCUT2D eigenvalue weighted by atomic mass is 10.1. The summed E-state index contributed by atoms with van der Waals surface area (Å²) in [6.07, 6.45) is 50.6. The molecule has 0 spiro atoms. The number of phosphoric acid groups is 1. The summed E-state index contributed by atoms with van der Waals surface area (Å²) >= 11 is 0. The predicted octanol–water partition coefficient (Wildman–Crippen LogP) is 12.3. The first-order valence-electron chi connectivity index (χ1n) is 23.1. The van der Waals surface area contributed by atoms with Gasteiger partial charge >= 0.3 is 19.8 Å². The molecule has 0 saturated heterocycles. The van der Waals surface area contributed by atoms with Gasteiger partial charge in [0.25, 0.3) is 0 Å². The average molecular weight is 875 g/mol. The van der Waals surface area contributed by atoms with Gasteiger partial charge in [-0.1, -0.05) is 143 Å². The van der Waals surface area contributed by atoms with Crippen molar-refractivity contribution in [2.45, 2.75) is 161 Å². The number of ether oxygens (including phenoxy) is 2. The molecule has 2 N–H and O–H groups in total. The van der Waals surface area contributed by atoms with Gasteiger partial charge in [0, 0.05) is 12.8 Å². The molecule has 0 saturated carbocycles. The third-order valence-electron chi connectivity index (χ3n) is 9.17. The van der Waals surface area contributed by atoms with Crippen LogP contribution < -0.4 is 0 Å². The van der Waals surface area contributed by atoms with Crippen LogP contribution in [0, 0.1) is 0 Å². The minimum absolute atomic E-state index is 0.00105. The largest absolute Gasteiger partial charge is 0.472 e. The number of nitrogens with zero attached hydrogens (tertiary/aromatic N) is 1. The second kappa shape index (κ2) is 40.9. The Kier molecular flexibility index (Phi) is 38.8. The molecule has 348 valence electrons. The van der Waals surface area contributed by atoms with Crippen LogP contribution in [0.25, 0.3) is 0 Å². The third kappa shape index (κ3) is 44.7. The number of allylic oxidation sites excluding steroid dienone is 14.